The monoisotopic (exact) mass is 436 g/mol. The van der Waals surface area contributed by atoms with Crippen molar-refractivity contribution in [1.29, 1.82) is 0 Å². The first kappa shape index (κ1) is 25.5. The predicted octanol–water partition coefficient (Wildman–Crippen LogP) is 4.95. The van der Waals surface area contributed by atoms with Crippen LogP contribution < -0.4 is 0 Å². The molecule has 0 aliphatic heterocycles. The molecule has 0 aromatic heterocycles. The number of carbonyl (C=O) groups is 1. The molecule has 0 saturated carbocycles. The lowest BCUT2D eigenvalue weighted by Crippen LogP contribution is -2.68. The summed E-state index contributed by atoms with van der Waals surface area (Å²) in [6.45, 7) is 0.0978. The van der Waals surface area contributed by atoms with Crippen LogP contribution in [-0.4, -0.2) is 53.2 Å². The summed E-state index contributed by atoms with van der Waals surface area (Å²) >= 11 is 0. The molecular formula is C11H9F13O3. The van der Waals surface area contributed by atoms with Crippen molar-refractivity contribution in [1.82, 2.24) is 0 Å². The summed E-state index contributed by atoms with van der Waals surface area (Å²) in [5, 5.41) is 8.18. The predicted molar refractivity (Wildman–Crippen MR) is 58.2 cm³/mol. The van der Waals surface area contributed by atoms with Gasteiger partial charge >= 0.3 is 41.9 Å². The van der Waals surface area contributed by atoms with E-state index in [9.17, 15) is 61.9 Å². The van der Waals surface area contributed by atoms with Crippen molar-refractivity contribution >= 4 is 5.97 Å². The van der Waals surface area contributed by atoms with E-state index < -0.39 is 60.9 Å². The van der Waals surface area contributed by atoms with Crippen LogP contribution >= 0.6 is 0 Å². The first-order chi connectivity index (χ1) is 11.5. The van der Waals surface area contributed by atoms with Gasteiger partial charge in [-0.2, -0.15) is 57.1 Å². The molecular weight excluding hydrogens is 427 g/mol. The molecule has 0 radical (unpaired) electrons. The van der Waals surface area contributed by atoms with Gasteiger partial charge in [0.25, 0.3) is 0 Å². The zero-order chi connectivity index (χ0) is 22.3. The maximum atomic E-state index is 13.3. The van der Waals surface area contributed by atoms with Crippen LogP contribution in [0.3, 0.4) is 0 Å². The summed E-state index contributed by atoms with van der Waals surface area (Å²) in [5.74, 6) is -31.4. The zero-order valence-corrected chi connectivity index (χ0v) is 12.7. The third-order valence-electron chi connectivity index (χ3n) is 3.01. The van der Waals surface area contributed by atoms with Crippen LogP contribution in [0.4, 0.5) is 57.1 Å². The van der Waals surface area contributed by atoms with E-state index in [1.54, 1.807) is 0 Å². The summed E-state index contributed by atoms with van der Waals surface area (Å²) in [7, 11) is 0. The first-order valence-electron chi connectivity index (χ1n) is 6.40. The SMILES string of the molecule is CC(OC(F)(F)C(F)(F)C(F)(F)C(F)(F)C(F)(F)CCC(F)(F)F)C(=O)O. The Hall–Kier alpha value is -1.48. The summed E-state index contributed by atoms with van der Waals surface area (Å²) < 4.78 is 170. The van der Waals surface area contributed by atoms with Crippen molar-refractivity contribution in [3.05, 3.63) is 0 Å². The van der Waals surface area contributed by atoms with E-state index in [1.807, 2.05) is 0 Å². The van der Waals surface area contributed by atoms with Crippen molar-refractivity contribution in [3.63, 3.8) is 0 Å². The Balaban J connectivity index is 5.92. The van der Waals surface area contributed by atoms with Crippen LogP contribution in [0.15, 0.2) is 0 Å². The third-order valence-corrected chi connectivity index (χ3v) is 3.01. The van der Waals surface area contributed by atoms with Crippen LogP contribution in [0.1, 0.15) is 19.8 Å². The second-order valence-electron chi connectivity index (χ2n) is 5.16. The smallest absolute Gasteiger partial charge is 0.426 e. The van der Waals surface area contributed by atoms with Gasteiger partial charge in [0, 0.05) is 12.8 Å². The highest BCUT2D eigenvalue weighted by Crippen LogP contribution is 2.58. The molecule has 0 aliphatic rings. The van der Waals surface area contributed by atoms with Gasteiger partial charge in [-0.25, -0.2) is 4.79 Å². The Morgan fingerprint density at radius 2 is 1.19 bits per heavy atom. The summed E-state index contributed by atoms with van der Waals surface area (Å²) in [6.07, 6.45) is -21.2. The second-order valence-corrected chi connectivity index (χ2v) is 5.16. The molecule has 1 unspecified atom stereocenters. The minimum atomic E-state index is -7.64. The van der Waals surface area contributed by atoms with Crippen LogP contribution in [0.2, 0.25) is 0 Å². The maximum absolute atomic E-state index is 13.3. The van der Waals surface area contributed by atoms with Gasteiger partial charge in [0.05, 0.1) is 0 Å². The highest BCUT2D eigenvalue weighted by atomic mass is 19.4. The Kier molecular flexibility index (Phi) is 6.77. The number of hydrogen-bond acceptors (Lipinski definition) is 2. The molecule has 1 N–H and O–H groups in total. The van der Waals surface area contributed by atoms with Crippen molar-refractivity contribution < 1.29 is 71.7 Å². The van der Waals surface area contributed by atoms with E-state index >= 15 is 0 Å². The number of hydrogen-bond donors (Lipinski definition) is 1. The summed E-state index contributed by atoms with van der Waals surface area (Å²) in [4.78, 5) is 10.2. The Morgan fingerprint density at radius 1 is 0.778 bits per heavy atom. The summed E-state index contributed by atoms with van der Waals surface area (Å²) in [6, 6.07) is 0. The Morgan fingerprint density at radius 3 is 1.52 bits per heavy atom. The number of halogens is 13. The van der Waals surface area contributed by atoms with Crippen LogP contribution in [0.25, 0.3) is 0 Å². The fraction of sp³-hybridized carbons (Fsp3) is 0.909. The number of alkyl halides is 13. The van der Waals surface area contributed by atoms with Crippen molar-refractivity contribution in [2.75, 3.05) is 0 Å². The molecule has 0 aliphatic carbocycles. The van der Waals surface area contributed by atoms with Gasteiger partial charge in [0.2, 0.25) is 0 Å². The second kappa shape index (κ2) is 7.16. The van der Waals surface area contributed by atoms with Gasteiger partial charge < -0.3 is 9.84 Å². The summed E-state index contributed by atoms with van der Waals surface area (Å²) in [5.41, 5.74) is 0. The molecule has 1 atom stereocenters. The Labute approximate surface area is 141 Å². The van der Waals surface area contributed by atoms with Gasteiger partial charge in [-0.3, -0.25) is 0 Å². The highest BCUT2D eigenvalue weighted by Gasteiger charge is 2.87. The molecule has 27 heavy (non-hydrogen) atoms. The number of aliphatic carboxylic acids is 1. The number of rotatable bonds is 9. The van der Waals surface area contributed by atoms with Crippen molar-refractivity contribution in [2.45, 2.75) is 61.8 Å². The molecule has 16 heteroatoms. The van der Waals surface area contributed by atoms with Gasteiger partial charge in [-0.15, -0.1) is 0 Å². The number of carboxylic acids is 1. The average Bonchev–Trinajstić information content (AvgIpc) is 2.43. The molecule has 3 nitrogen and oxygen atoms in total. The molecule has 0 aromatic carbocycles. The van der Waals surface area contributed by atoms with Gasteiger partial charge in [-0.05, 0) is 6.92 Å². The molecule has 0 fully saturated rings. The average molecular weight is 436 g/mol. The van der Waals surface area contributed by atoms with Gasteiger partial charge in [-0.1, -0.05) is 0 Å². The highest BCUT2D eigenvalue weighted by molar-refractivity contribution is 5.71. The lowest BCUT2D eigenvalue weighted by molar-refractivity contribution is -0.449. The lowest BCUT2D eigenvalue weighted by atomic mass is 9.95. The van der Waals surface area contributed by atoms with Crippen molar-refractivity contribution in [3.8, 4) is 0 Å². The molecule has 0 saturated heterocycles. The maximum Gasteiger partial charge on any atom is 0.426 e. The van der Waals surface area contributed by atoms with Crippen LogP contribution in [0, 0.1) is 0 Å². The van der Waals surface area contributed by atoms with Crippen molar-refractivity contribution in [2.24, 2.45) is 0 Å². The molecule has 0 bridgehead atoms. The normalized spacial score (nSPS) is 16.4. The molecule has 0 spiro atoms. The zero-order valence-electron chi connectivity index (χ0n) is 12.7. The molecule has 162 valence electrons. The van der Waals surface area contributed by atoms with Gasteiger partial charge in [0.15, 0.2) is 6.10 Å². The van der Waals surface area contributed by atoms with E-state index in [0.29, 0.717) is 0 Å². The van der Waals surface area contributed by atoms with Crippen LogP contribution in [-0.2, 0) is 9.53 Å². The molecule has 0 amide bonds. The minimum Gasteiger partial charge on any atom is -0.479 e. The van der Waals surface area contributed by atoms with E-state index in [2.05, 4.69) is 4.74 Å². The third kappa shape index (κ3) is 4.87. The molecule has 0 rings (SSSR count). The van der Waals surface area contributed by atoms with E-state index in [1.165, 1.54) is 0 Å². The first-order valence-corrected chi connectivity index (χ1v) is 6.40. The van der Waals surface area contributed by atoms with Gasteiger partial charge in [0.1, 0.15) is 0 Å². The standard InChI is InChI=1S/C11H9F13O3/c1-4(5(25)26)27-11(23,24)10(21,22)9(19,20)8(17,18)6(12,13)2-3-7(14,15)16/h4H,2-3H2,1H3,(H,25,26). The quantitative estimate of drug-likeness (QED) is 0.521. The molecule has 0 heterocycles. The topological polar surface area (TPSA) is 46.5 Å². The van der Waals surface area contributed by atoms with Crippen LogP contribution in [0.5, 0.6) is 0 Å². The largest absolute Gasteiger partial charge is 0.479 e. The lowest BCUT2D eigenvalue weighted by Gasteiger charge is -2.39. The Bertz CT molecular complexity index is 540. The number of carboxylic acid groups (broad SMARTS) is 1. The fourth-order valence-electron chi connectivity index (χ4n) is 1.41. The van der Waals surface area contributed by atoms with E-state index in [4.69, 9.17) is 5.11 Å². The van der Waals surface area contributed by atoms with E-state index in [-0.39, 0.29) is 6.92 Å². The minimum absolute atomic E-state index is 0.0978. The number of ether oxygens (including phenoxy) is 1. The fourth-order valence-corrected chi connectivity index (χ4v) is 1.41. The molecule has 0 aromatic rings. The van der Waals surface area contributed by atoms with E-state index in [0.717, 1.165) is 0 Å².